The number of anilines is 3. The molecule has 0 aliphatic heterocycles. The van der Waals surface area contributed by atoms with Gasteiger partial charge in [-0.2, -0.15) is 0 Å². The van der Waals surface area contributed by atoms with Crippen LogP contribution in [0.3, 0.4) is 0 Å². The van der Waals surface area contributed by atoms with E-state index >= 15 is 0 Å². The van der Waals surface area contributed by atoms with Crippen molar-refractivity contribution in [2.45, 2.75) is 0 Å². The Kier molecular flexibility index (Phi) is 7.75. The van der Waals surface area contributed by atoms with Gasteiger partial charge in [0.2, 0.25) is 0 Å². The molecule has 12 aromatic rings. The smallest absolute Gasteiger partial charge is 0.0554 e. The van der Waals surface area contributed by atoms with Crippen LogP contribution in [0.15, 0.2) is 218 Å². The minimum atomic E-state index is 1.11. The van der Waals surface area contributed by atoms with E-state index in [0.717, 1.165) is 22.7 Å². The van der Waals surface area contributed by atoms with E-state index in [4.69, 9.17) is 0 Å². The second-order valence-electron chi connectivity index (χ2n) is 15.3. The van der Waals surface area contributed by atoms with Gasteiger partial charge in [-0.1, -0.05) is 152 Å². The molecule has 2 aromatic heterocycles. The number of fused-ring (bicyclic) bond motifs is 9. The first-order chi connectivity index (χ1) is 29.3. The van der Waals surface area contributed by atoms with E-state index in [0.29, 0.717) is 0 Å². The van der Waals surface area contributed by atoms with Crippen molar-refractivity contribution >= 4 is 91.9 Å². The molecule has 0 radical (unpaired) electrons. The van der Waals surface area contributed by atoms with Crippen LogP contribution in [0.5, 0.6) is 0 Å². The van der Waals surface area contributed by atoms with Crippen molar-refractivity contribution in [3.63, 3.8) is 0 Å². The second kappa shape index (κ2) is 13.6. The van der Waals surface area contributed by atoms with Crippen molar-refractivity contribution in [2.24, 2.45) is 0 Å². The molecule has 0 saturated heterocycles. The average molecular weight is 769 g/mol. The number of rotatable bonds is 6. The van der Waals surface area contributed by atoms with Crippen LogP contribution in [0.4, 0.5) is 17.1 Å². The topological polar surface area (TPSA) is 8.17 Å². The largest absolute Gasteiger partial charge is 0.310 e. The summed E-state index contributed by atoms with van der Waals surface area (Å²) in [6.45, 7) is 0. The predicted octanol–water partition coefficient (Wildman–Crippen LogP) is 16.3. The summed E-state index contributed by atoms with van der Waals surface area (Å²) in [6.07, 6.45) is 0. The lowest BCUT2D eigenvalue weighted by atomic mass is 9.93. The van der Waals surface area contributed by atoms with Crippen LogP contribution in [0, 0.1) is 0 Å². The lowest BCUT2D eigenvalue weighted by molar-refractivity contribution is 1.18. The number of hydrogen-bond donors (Lipinski definition) is 0. The molecule has 0 saturated carbocycles. The highest BCUT2D eigenvalue weighted by molar-refractivity contribution is 7.26. The number of hydrogen-bond acceptors (Lipinski definition) is 2. The normalized spacial score (nSPS) is 11.7. The van der Waals surface area contributed by atoms with Crippen molar-refractivity contribution < 1.29 is 0 Å². The molecule has 0 unspecified atom stereocenters. The summed E-state index contributed by atoms with van der Waals surface area (Å²) in [5.41, 5.74) is 11.8. The van der Waals surface area contributed by atoms with Gasteiger partial charge in [-0.25, -0.2) is 0 Å². The number of aromatic nitrogens is 1. The third-order valence-corrected chi connectivity index (χ3v) is 13.2. The van der Waals surface area contributed by atoms with Gasteiger partial charge in [0, 0.05) is 53.6 Å². The van der Waals surface area contributed by atoms with E-state index in [9.17, 15) is 0 Å². The highest BCUT2D eigenvalue weighted by atomic mass is 32.1. The van der Waals surface area contributed by atoms with Gasteiger partial charge in [-0.3, -0.25) is 0 Å². The van der Waals surface area contributed by atoms with Gasteiger partial charge in [-0.05, 0) is 105 Å². The standard InChI is InChI=1S/C56H36N2S/c1-2-15-40(16-3-1)57(41-30-26-37(27-31-41)50-36-39-14-4-5-17-43(39)44-18-6-7-19-45(44)50)53-35-34-49-48-22-10-13-25-54(48)59-56(49)55(53)38-28-32-42(33-29-38)58-51-23-11-8-20-46(51)47-21-9-12-24-52(47)58/h1-36H. The fraction of sp³-hybridized carbons (Fsp3) is 0. The summed E-state index contributed by atoms with van der Waals surface area (Å²) in [6, 6.07) is 79.9. The van der Waals surface area contributed by atoms with E-state index in [1.165, 1.54) is 85.8 Å². The van der Waals surface area contributed by atoms with Crippen molar-refractivity contribution in [1.82, 2.24) is 4.57 Å². The first-order valence-electron chi connectivity index (χ1n) is 20.2. The summed E-state index contributed by atoms with van der Waals surface area (Å²) in [7, 11) is 0. The van der Waals surface area contributed by atoms with Crippen molar-refractivity contribution in [1.29, 1.82) is 0 Å². The van der Waals surface area contributed by atoms with E-state index in [2.05, 4.69) is 228 Å². The van der Waals surface area contributed by atoms with Crippen LogP contribution in [0.1, 0.15) is 0 Å². The second-order valence-corrected chi connectivity index (χ2v) is 16.3. The Balaban J connectivity index is 1.05. The Labute approximate surface area is 346 Å². The fourth-order valence-electron chi connectivity index (χ4n) is 9.31. The summed E-state index contributed by atoms with van der Waals surface area (Å²) in [5.74, 6) is 0. The summed E-state index contributed by atoms with van der Waals surface area (Å²) in [4.78, 5) is 2.43. The molecule has 276 valence electrons. The summed E-state index contributed by atoms with van der Waals surface area (Å²) < 4.78 is 4.97. The molecule has 0 atom stereocenters. The van der Waals surface area contributed by atoms with Crippen LogP contribution in [-0.2, 0) is 0 Å². The molecule has 59 heavy (non-hydrogen) atoms. The van der Waals surface area contributed by atoms with Gasteiger partial charge in [0.05, 0.1) is 16.7 Å². The first-order valence-corrected chi connectivity index (χ1v) is 21.0. The zero-order chi connectivity index (χ0) is 38.9. The lowest BCUT2D eigenvalue weighted by Gasteiger charge is -2.28. The van der Waals surface area contributed by atoms with E-state index in [1.807, 2.05) is 11.3 Å². The molecule has 0 bridgehead atoms. The molecule has 0 spiro atoms. The van der Waals surface area contributed by atoms with Gasteiger partial charge in [-0.15, -0.1) is 11.3 Å². The van der Waals surface area contributed by atoms with Gasteiger partial charge >= 0.3 is 0 Å². The molecule has 0 aliphatic carbocycles. The molecular weight excluding hydrogens is 733 g/mol. The Morgan fingerprint density at radius 3 is 1.66 bits per heavy atom. The lowest BCUT2D eigenvalue weighted by Crippen LogP contribution is -2.11. The quantitative estimate of drug-likeness (QED) is 0.153. The maximum Gasteiger partial charge on any atom is 0.0554 e. The zero-order valence-corrected chi connectivity index (χ0v) is 32.9. The van der Waals surface area contributed by atoms with Gasteiger partial charge in [0.25, 0.3) is 0 Å². The minimum Gasteiger partial charge on any atom is -0.310 e. The monoisotopic (exact) mass is 768 g/mol. The van der Waals surface area contributed by atoms with Crippen molar-refractivity contribution in [3.05, 3.63) is 218 Å². The van der Waals surface area contributed by atoms with Crippen LogP contribution in [0.25, 0.3) is 91.5 Å². The highest BCUT2D eigenvalue weighted by Crippen LogP contribution is 2.49. The third kappa shape index (κ3) is 5.40. The van der Waals surface area contributed by atoms with Crippen LogP contribution >= 0.6 is 11.3 Å². The van der Waals surface area contributed by atoms with Gasteiger partial charge in [0.15, 0.2) is 0 Å². The molecule has 12 rings (SSSR count). The van der Waals surface area contributed by atoms with Crippen LogP contribution in [0.2, 0.25) is 0 Å². The predicted molar refractivity (Wildman–Crippen MR) is 254 cm³/mol. The third-order valence-electron chi connectivity index (χ3n) is 12.0. The fourth-order valence-corrected chi connectivity index (χ4v) is 10.6. The summed E-state index contributed by atoms with van der Waals surface area (Å²) >= 11 is 1.88. The molecule has 0 fully saturated rings. The molecule has 0 amide bonds. The summed E-state index contributed by atoms with van der Waals surface area (Å²) in [5, 5.41) is 10.2. The van der Waals surface area contributed by atoms with Crippen LogP contribution < -0.4 is 4.90 Å². The van der Waals surface area contributed by atoms with E-state index in [-0.39, 0.29) is 0 Å². The molecule has 0 N–H and O–H groups in total. The Morgan fingerprint density at radius 1 is 0.373 bits per heavy atom. The molecule has 0 aliphatic rings. The molecule has 10 aromatic carbocycles. The Bertz CT molecular complexity index is 3490. The van der Waals surface area contributed by atoms with E-state index in [1.54, 1.807) is 0 Å². The Hall–Kier alpha value is -7.46. The van der Waals surface area contributed by atoms with Gasteiger partial charge < -0.3 is 9.47 Å². The zero-order valence-electron chi connectivity index (χ0n) is 32.1. The SMILES string of the molecule is c1ccc(N(c2ccc(-c3cc4ccccc4c4ccccc34)cc2)c2ccc3c(sc4ccccc43)c2-c2ccc(-n3c4ccccc4c4ccccc43)cc2)cc1. The number of benzene rings is 10. The van der Waals surface area contributed by atoms with E-state index < -0.39 is 0 Å². The number of para-hydroxylation sites is 3. The van der Waals surface area contributed by atoms with Gasteiger partial charge in [0.1, 0.15) is 0 Å². The Morgan fingerprint density at radius 2 is 0.932 bits per heavy atom. The molecule has 3 heteroatoms. The molecule has 2 nitrogen and oxygen atoms in total. The van der Waals surface area contributed by atoms with Crippen molar-refractivity contribution in [3.8, 4) is 27.9 Å². The first kappa shape index (κ1) is 33.7. The van der Waals surface area contributed by atoms with Crippen molar-refractivity contribution in [2.75, 3.05) is 4.90 Å². The van der Waals surface area contributed by atoms with Crippen LogP contribution in [-0.4, -0.2) is 4.57 Å². The molecule has 2 heterocycles. The average Bonchev–Trinajstić information content (AvgIpc) is 3.85. The highest BCUT2D eigenvalue weighted by Gasteiger charge is 2.22. The maximum absolute atomic E-state index is 2.43. The maximum atomic E-state index is 2.43. The number of nitrogens with zero attached hydrogens (tertiary/aromatic N) is 2. The minimum absolute atomic E-state index is 1.11. The molecular formula is C56H36N2S. The number of thiophene rings is 1.